The van der Waals surface area contributed by atoms with E-state index in [0.29, 0.717) is 18.4 Å². The topological polar surface area (TPSA) is 92.0 Å². The maximum Gasteiger partial charge on any atom is 0.229 e. The van der Waals surface area contributed by atoms with E-state index in [-0.39, 0.29) is 0 Å². The number of aromatic nitrogens is 3. The second kappa shape index (κ2) is 7.86. The summed E-state index contributed by atoms with van der Waals surface area (Å²) in [5, 5.41) is 6.69. The summed E-state index contributed by atoms with van der Waals surface area (Å²) in [6.07, 6.45) is 9.69. The predicted octanol–water partition coefficient (Wildman–Crippen LogP) is 2.85. The first-order valence-corrected chi connectivity index (χ1v) is 9.62. The van der Waals surface area contributed by atoms with Crippen LogP contribution < -0.4 is 21.3 Å². The Morgan fingerprint density at radius 3 is 2.65 bits per heavy atom. The van der Waals surface area contributed by atoms with Gasteiger partial charge in [-0.05, 0) is 56.7 Å². The Balaban J connectivity index is 1.45. The zero-order valence-corrected chi connectivity index (χ0v) is 15.1. The van der Waals surface area contributed by atoms with E-state index in [0.717, 1.165) is 43.4 Å². The molecule has 1 saturated heterocycles. The maximum absolute atomic E-state index is 5.60. The van der Waals surface area contributed by atoms with Crippen molar-refractivity contribution in [1.29, 1.82) is 0 Å². The lowest BCUT2D eigenvalue weighted by Crippen LogP contribution is -2.18. The molecule has 4 rings (SSSR count). The van der Waals surface area contributed by atoms with Gasteiger partial charge in [0.15, 0.2) is 0 Å². The molecule has 7 nitrogen and oxygen atoms in total. The molecular formula is C19H27N7. The second-order valence-corrected chi connectivity index (χ2v) is 7.07. The van der Waals surface area contributed by atoms with E-state index in [1.165, 1.54) is 31.2 Å². The predicted molar refractivity (Wildman–Crippen MR) is 105 cm³/mol. The van der Waals surface area contributed by atoms with E-state index in [2.05, 4.69) is 36.6 Å². The molecule has 2 aliphatic rings. The standard InChI is InChI=1S/C19H27N7/c20-8-3-9-21-18-16(14-4-5-14)13-23-19(25-18)24-15-6-7-17(22-12-15)26-10-1-2-11-26/h6-7,12-14H,1-5,8-11,20H2,(H2,21,23,24,25). The lowest BCUT2D eigenvalue weighted by atomic mass is 10.2. The summed E-state index contributed by atoms with van der Waals surface area (Å²) in [5.74, 6) is 3.17. The van der Waals surface area contributed by atoms with E-state index in [1.807, 2.05) is 18.5 Å². The van der Waals surface area contributed by atoms with Crippen molar-refractivity contribution in [2.75, 3.05) is 41.7 Å². The monoisotopic (exact) mass is 353 g/mol. The van der Waals surface area contributed by atoms with Crippen LogP contribution >= 0.6 is 0 Å². The Morgan fingerprint density at radius 2 is 1.96 bits per heavy atom. The average molecular weight is 353 g/mol. The van der Waals surface area contributed by atoms with Crippen LogP contribution in [0.25, 0.3) is 0 Å². The number of nitrogens with zero attached hydrogens (tertiary/aromatic N) is 4. The van der Waals surface area contributed by atoms with Gasteiger partial charge >= 0.3 is 0 Å². The minimum atomic E-state index is 0.598. The molecular weight excluding hydrogens is 326 g/mol. The smallest absolute Gasteiger partial charge is 0.229 e. The van der Waals surface area contributed by atoms with Crippen LogP contribution in [0.3, 0.4) is 0 Å². The van der Waals surface area contributed by atoms with Gasteiger partial charge in [0.2, 0.25) is 5.95 Å². The molecule has 3 heterocycles. The summed E-state index contributed by atoms with van der Waals surface area (Å²) in [7, 11) is 0. The Morgan fingerprint density at radius 1 is 1.12 bits per heavy atom. The lowest BCUT2D eigenvalue weighted by molar-refractivity contribution is 0.865. The van der Waals surface area contributed by atoms with E-state index in [9.17, 15) is 0 Å². The van der Waals surface area contributed by atoms with Crippen LogP contribution in [0.4, 0.5) is 23.3 Å². The van der Waals surface area contributed by atoms with Crippen LogP contribution in [0.5, 0.6) is 0 Å². The van der Waals surface area contributed by atoms with Gasteiger partial charge in [-0.2, -0.15) is 4.98 Å². The van der Waals surface area contributed by atoms with Crippen molar-refractivity contribution in [3.63, 3.8) is 0 Å². The molecule has 26 heavy (non-hydrogen) atoms. The number of pyridine rings is 1. The van der Waals surface area contributed by atoms with Gasteiger partial charge in [0, 0.05) is 31.4 Å². The number of rotatable bonds is 8. The third-order valence-electron chi connectivity index (χ3n) is 4.94. The van der Waals surface area contributed by atoms with Crippen molar-refractivity contribution in [3.8, 4) is 0 Å². The van der Waals surface area contributed by atoms with Gasteiger partial charge in [-0.3, -0.25) is 0 Å². The molecule has 0 atom stereocenters. The summed E-state index contributed by atoms with van der Waals surface area (Å²) in [4.78, 5) is 16.1. The molecule has 2 aromatic rings. The number of nitrogens with one attached hydrogen (secondary N) is 2. The molecule has 2 fully saturated rings. The zero-order chi connectivity index (χ0) is 17.8. The van der Waals surface area contributed by atoms with Crippen LogP contribution in [0, 0.1) is 0 Å². The van der Waals surface area contributed by atoms with Crippen molar-refractivity contribution in [2.24, 2.45) is 5.73 Å². The number of nitrogens with two attached hydrogens (primary N) is 1. The molecule has 138 valence electrons. The molecule has 0 bridgehead atoms. The molecule has 7 heteroatoms. The largest absolute Gasteiger partial charge is 0.370 e. The molecule has 0 amide bonds. The number of hydrogen-bond acceptors (Lipinski definition) is 7. The summed E-state index contributed by atoms with van der Waals surface area (Å²) >= 11 is 0. The van der Waals surface area contributed by atoms with Crippen LogP contribution in [0.1, 0.15) is 43.6 Å². The van der Waals surface area contributed by atoms with Gasteiger partial charge in [0.25, 0.3) is 0 Å². The first-order valence-electron chi connectivity index (χ1n) is 9.62. The van der Waals surface area contributed by atoms with Crippen molar-refractivity contribution < 1.29 is 0 Å². The summed E-state index contributed by atoms with van der Waals surface area (Å²) in [6.45, 7) is 3.71. The highest BCUT2D eigenvalue weighted by molar-refractivity contribution is 5.58. The van der Waals surface area contributed by atoms with Gasteiger partial charge in [0.05, 0.1) is 11.9 Å². The quantitative estimate of drug-likeness (QED) is 0.628. The molecule has 0 radical (unpaired) electrons. The molecule has 4 N–H and O–H groups in total. The Labute approximate surface area is 154 Å². The molecule has 1 aliphatic carbocycles. The zero-order valence-electron chi connectivity index (χ0n) is 15.1. The van der Waals surface area contributed by atoms with Gasteiger partial charge in [-0.15, -0.1) is 0 Å². The Hall–Kier alpha value is -2.41. The van der Waals surface area contributed by atoms with Crippen molar-refractivity contribution >= 4 is 23.3 Å². The van der Waals surface area contributed by atoms with Gasteiger partial charge < -0.3 is 21.3 Å². The Kier molecular flexibility index (Phi) is 5.15. The van der Waals surface area contributed by atoms with Crippen molar-refractivity contribution in [3.05, 3.63) is 30.1 Å². The fraction of sp³-hybridized carbons (Fsp3) is 0.526. The summed E-state index contributed by atoms with van der Waals surface area (Å²) < 4.78 is 0. The van der Waals surface area contributed by atoms with Crippen LogP contribution in [0.2, 0.25) is 0 Å². The van der Waals surface area contributed by atoms with Crippen LogP contribution in [0.15, 0.2) is 24.5 Å². The van der Waals surface area contributed by atoms with Gasteiger partial charge in [0.1, 0.15) is 11.6 Å². The average Bonchev–Trinajstić information content (AvgIpc) is 3.36. The first kappa shape index (κ1) is 17.0. The molecule has 0 aromatic carbocycles. The number of anilines is 4. The minimum Gasteiger partial charge on any atom is -0.370 e. The van der Waals surface area contributed by atoms with Crippen molar-refractivity contribution in [1.82, 2.24) is 15.0 Å². The highest BCUT2D eigenvalue weighted by Crippen LogP contribution is 2.42. The van der Waals surface area contributed by atoms with Gasteiger partial charge in [-0.25, -0.2) is 9.97 Å². The second-order valence-electron chi connectivity index (χ2n) is 7.07. The van der Waals surface area contributed by atoms with Crippen molar-refractivity contribution in [2.45, 2.75) is 38.0 Å². The van der Waals surface area contributed by atoms with Gasteiger partial charge in [-0.1, -0.05) is 0 Å². The molecule has 1 aliphatic heterocycles. The normalized spacial score (nSPS) is 16.7. The molecule has 1 saturated carbocycles. The van der Waals surface area contributed by atoms with Crippen LogP contribution in [-0.2, 0) is 0 Å². The van der Waals surface area contributed by atoms with E-state index in [1.54, 1.807) is 0 Å². The maximum atomic E-state index is 5.60. The third kappa shape index (κ3) is 4.04. The van der Waals surface area contributed by atoms with E-state index in [4.69, 9.17) is 5.73 Å². The fourth-order valence-corrected chi connectivity index (χ4v) is 3.32. The Bertz CT molecular complexity index is 721. The first-order chi connectivity index (χ1) is 12.8. The van der Waals surface area contributed by atoms with Crippen LogP contribution in [-0.4, -0.2) is 41.1 Å². The SMILES string of the molecule is NCCCNc1nc(Nc2ccc(N3CCCC3)nc2)ncc1C1CC1. The minimum absolute atomic E-state index is 0.598. The summed E-state index contributed by atoms with van der Waals surface area (Å²) in [6, 6.07) is 4.10. The molecule has 2 aromatic heterocycles. The lowest BCUT2D eigenvalue weighted by Gasteiger charge is -2.16. The molecule has 0 unspecified atom stereocenters. The number of hydrogen-bond donors (Lipinski definition) is 3. The highest BCUT2D eigenvalue weighted by Gasteiger charge is 2.27. The van der Waals surface area contributed by atoms with E-state index < -0.39 is 0 Å². The fourth-order valence-electron chi connectivity index (χ4n) is 3.32. The molecule has 0 spiro atoms. The highest BCUT2D eigenvalue weighted by atomic mass is 15.2. The van der Waals surface area contributed by atoms with E-state index >= 15 is 0 Å². The summed E-state index contributed by atoms with van der Waals surface area (Å²) in [5.41, 5.74) is 7.72. The third-order valence-corrected chi connectivity index (χ3v) is 4.94.